The predicted molar refractivity (Wildman–Crippen MR) is 70.8 cm³/mol. The van der Waals surface area contributed by atoms with Crippen molar-refractivity contribution in [3.8, 4) is 0 Å². The summed E-state index contributed by atoms with van der Waals surface area (Å²) in [6, 6.07) is -0.168. The lowest BCUT2D eigenvalue weighted by Gasteiger charge is -2.34. The highest BCUT2D eigenvalue weighted by molar-refractivity contribution is 5.89. The third-order valence-corrected chi connectivity index (χ3v) is 4.34. The number of aromatic nitrogens is 4. The van der Waals surface area contributed by atoms with Crippen molar-refractivity contribution in [1.82, 2.24) is 24.4 Å². The van der Waals surface area contributed by atoms with Crippen LogP contribution in [-0.2, 0) is 9.53 Å². The largest absolute Gasteiger partial charge is 0.393 e. The van der Waals surface area contributed by atoms with E-state index in [0.717, 1.165) is 0 Å². The maximum absolute atomic E-state index is 12.1. The zero-order valence-electron chi connectivity index (χ0n) is 11.3. The standard InChI is InChI=1S/C12H14N6O3/c1-17-6-2-12(3-19,11(17)20)21-10(6)18-5-16-7-8(13)14-4-15-9(7)18/h4-6,10,19H,2-3H2,1H3,(H2,13,14,15)/t6?,10-,12+/m1/s1. The van der Waals surface area contributed by atoms with Gasteiger partial charge < -0.3 is 20.5 Å². The number of rotatable bonds is 2. The number of nitrogen functional groups attached to an aromatic ring is 1. The quantitative estimate of drug-likeness (QED) is 0.720. The molecule has 3 atom stereocenters. The number of carbonyl (C=O) groups is 1. The van der Waals surface area contributed by atoms with Gasteiger partial charge >= 0.3 is 0 Å². The first kappa shape index (κ1) is 12.5. The number of fused-ring (bicyclic) bond motifs is 3. The van der Waals surface area contributed by atoms with E-state index in [1.807, 2.05) is 0 Å². The Morgan fingerprint density at radius 1 is 1.52 bits per heavy atom. The molecule has 21 heavy (non-hydrogen) atoms. The molecule has 0 aliphatic carbocycles. The first-order valence-electron chi connectivity index (χ1n) is 6.56. The van der Waals surface area contributed by atoms with Crippen LogP contribution in [0.1, 0.15) is 12.6 Å². The fraction of sp³-hybridized carbons (Fsp3) is 0.500. The van der Waals surface area contributed by atoms with Crippen molar-refractivity contribution in [3.05, 3.63) is 12.7 Å². The summed E-state index contributed by atoms with van der Waals surface area (Å²) >= 11 is 0. The number of hydrogen-bond acceptors (Lipinski definition) is 7. The van der Waals surface area contributed by atoms with Gasteiger partial charge in [-0.2, -0.15) is 0 Å². The van der Waals surface area contributed by atoms with Crippen molar-refractivity contribution >= 4 is 22.9 Å². The number of likely N-dealkylation sites (tertiary alicyclic amines) is 1. The summed E-state index contributed by atoms with van der Waals surface area (Å²) in [7, 11) is 1.71. The summed E-state index contributed by atoms with van der Waals surface area (Å²) < 4.78 is 7.59. The molecule has 0 aromatic carbocycles. The molecule has 0 radical (unpaired) electrons. The summed E-state index contributed by atoms with van der Waals surface area (Å²) in [6.45, 7) is -0.340. The number of nitrogens with two attached hydrogens (primary N) is 1. The molecule has 110 valence electrons. The molecule has 2 aromatic heterocycles. The van der Waals surface area contributed by atoms with E-state index in [1.165, 1.54) is 6.33 Å². The number of aliphatic hydroxyl groups excluding tert-OH is 1. The van der Waals surface area contributed by atoms with Crippen molar-refractivity contribution in [3.63, 3.8) is 0 Å². The molecule has 2 aromatic rings. The molecule has 9 heteroatoms. The average molecular weight is 290 g/mol. The zero-order valence-corrected chi connectivity index (χ0v) is 11.3. The second-order valence-corrected chi connectivity index (χ2v) is 5.43. The molecule has 1 amide bonds. The molecule has 1 unspecified atom stereocenters. The van der Waals surface area contributed by atoms with Gasteiger partial charge in [0.15, 0.2) is 23.3 Å². The topological polar surface area (TPSA) is 119 Å². The average Bonchev–Trinajstić information content (AvgIpc) is 3.13. The van der Waals surface area contributed by atoms with E-state index >= 15 is 0 Å². The minimum Gasteiger partial charge on any atom is -0.393 e. The van der Waals surface area contributed by atoms with Gasteiger partial charge in [-0.1, -0.05) is 0 Å². The summed E-state index contributed by atoms with van der Waals surface area (Å²) in [6.07, 6.45) is 2.94. The first-order chi connectivity index (χ1) is 10.1. The van der Waals surface area contributed by atoms with E-state index < -0.39 is 11.8 Å². The van der Waals surface area contributed by atoms with Crippen LogP contribution >= 0.6 is 0 Å². The van der Waals surface area contributed by atoms with Crippen molar-refractivity contribution in [2.24, 2.45) is 0 Å². The fourth-order valence-electron chi connectivity index (χ4n) is 3.20. The number of imidazole rings is 1. The highest BCUT2D eigenvalue weighted by Crippen LogP contribution is 2.46. The molecular weight excluding hydrogens is 276 g/mol. The molecule has 4 heterocycles. The summed E-state index contributed by atoms with van der Waals surface area (Å²) in [5, 5.41) is 9.56. The number of ether oxygens (including phenoxy) is 1. The van der Waals surface area contributed by atoms with Crippen LogP contribution in [0.2, 0.25) is 0 Å². The Bertz CT molecular complexity index is 746. The Morgan fingerprint density at radius 2 is 2.33 bits per heavy atom. The first-order valence-corrected chi connectivity index (χ1v) is 6.56. The molecule has 3 N–H and O–H groups in total. The van der Waals surface area contributed by atoms with Crippen LogP contribution in [-0.4, -0.2) is 60.7 Å². The van der Waals surface area contributed by atoms with Gasteiger partial charge in [-0.15, -0.1) is 0 Å². The van der Waals surface area contributed by atoms with E-state index in [2.05, 4.69) is 15.0 Å². The lowest BCUT2D eigenvalue weighted by Crippen LogP contribution is -2.50. The maximum atomic E-state index is 12.1. The summed E-state index contributed by atoms with van der Waals surface area (Å²) in [5.74, 6) is 0.105. The third kappa shape index (κ3) is 1.41. The lowest BCUT2D eigenvalue weighted by molar-refractivity contribution is -0.177. The van der Waals surface area contributed by atoms with Gasteiger partial charge in [-0.05, 0) is 0 Å². The maximum Gasteiger partial charge on any atom is 0.257 e. The number of nitrogens with zero attached hydrogens (tertiary/aromatic N) is 5. The van der Waals surface area contributed by atoms with Gasteiger partial charge in [0.25, 0.3) is 5.91 Å². The van der Waals surface area contributed by atoms with Gasteiger partial charge in [-0.3, -0.25) is 9.36 Å². The monoisotopic (exact) mass is 290 g/mol. The highest BCUT2D eigenvalue weighted by atomic mass is 16.6. The number of anilines is 1. The fourth-order valence-corrected chi connectivity index (χ4v) is 3.20. The van der Waals surface area contributed by atoms with Crippen molar-refractivity contribution in [2.75, 3.05) is 19.4 Å². The Labute approximate surface area is 119 Å². The van der Waals surface area contributed by atoms with Crippen molar-refractivity contribution in [1.29, 1.82) is 0 Å². The van der Waals surface area contributed by atoms with E-state index in [-0.39, 0.29) is 18.6 Å². The van der Waals surface area contributed by atoms with Crippen LogP contribution in [0.25, 0.3) is 11.2 Å². The Hall–Kier alpha value is -2.26. The molecular formula is C12H14N6O3. The molecule has 2 aliphatic heterocycles. The van der Waals surface area contributed by atoms with E-state index in [9.17, 15) is 9.90 Å². The Kier molecular flexibility index (Phi) is 2.31. The normalized spacial score (nSPS) is 31.5. The van der Waals surface area contributed by atoms with Gasteiger partial charge in [-0.25, -0.2) is 15.0 Å². The molecule has 2 saturated heterocycles. The smallest absolute Gasteiger partial charge is 0.257 e. The summed E-state index contributed by atoms with van der Waals surface area (Å²) in [4.78, 5) is 26.0. The van der Waals surface area contributed by atoms with Gasteiger partial charge in [0, 0.05) is 13.5 Å². The van der Waals surface area contributed by atoms with Crippen molar-refractivity contribution in [2.45, 2.75) is 24.3 Å². The number of likely N-dealkylation sites (N-methyl/N-ethyl adjacent to an activating group) is 1. The third-order valence-electron chi connectivity index (χ3n) is 4.34. The highest BCUT2D eigenvalue weighted by Gasteiger charge is 2.61. The minimum atomic E-state index is -1.15. The van der Waals surface area contributed by atoms with Gasteiger partial charge in [0.1, 0.15) is 11.8 Å². The number of hydrogen-bond donors (Lipinski definition) is 2. The predicted octanol–water partition coefficient (Wildman–Crippen LogP) is -1.10. The SMILES string of the molecule is CN1C(=O)[C@@]2(CO)CC1[C@H](n1cnc3c(N)ncnc31)O2. The molecule has 2 aliphatic rings. The van der Waals surface area contributed by atoms with E-state index in [1.54, 1.807) is 22.8 Å². The number of amides is 1. The van der Waals surface area contributed by atoms with Crippen LogP contribution in [0.3, 0.4) is 0 Å². The zero-order chi connectivity index (χ0) is 14.8. The molecule has 9 nitrogen and oxygen atoms in total. The second-order valence-electron chi connectivity index (χ2n) is 5.43. The Morgan fingerprint density at radius 3 is 3.05 bits per heavy atom. The van der Waals surface area contributed by atoms with Crippen LogP contribution in [0.15, 0.2) is 12.7 Å². The molecule has 0 saturated carbocycles. The van der Waals surface area contributed by atoms with E-state index in [4.69, 9.17) is 10.5 Å². The number of carbonyl (C=O) groups excluding carboxylic acids is 1. The van der Waals surface area contributed by atoms with Crippen LogP contribution in [0.5, 0.6) is 0 Å². The Balaban J connectivity index is 1.81. The van der Waals surface area contributed by atoms with Crippen LogP contribution in [0.4, 0.5) is 5.82 Å². The van der Waals surface area contributed by atoms with Gasteiger partial charge in [0.2, 0.25) is 0 Å². The van der Waals surface area contributed by atoms with Crippen LogP contribution < -0.4 is 5.73 Å². The second kappa shape index (κ2) is 3.89. The van der Waals surface area contributed by atoms with Gasteiger partial charge in [0.05, 0.1) is 19.0 Å². The number of aliphatic hydroxyl groups is 1. The molecule has 4 rings (SSSR count). The lowest BCUT2D eigenvalue weighted by atomic mass is 10.0. The minimum absolute atomic E-state index is 0.168. The summed E-state index contributed by atoms with van der Waals surface area (Å²) in [5.41, 5.74) is 5.67. The molecule has 0 spiro atoms. The van der Waals surface area contributed by atoms with E-state index in [0.29, 0.717) is 23.4 Å². The molecule has 2 fully saturated rings. The van der Waals surface area contributed by atoms with Crippen LogP contribution in [0, 0.1) is 0 Å². The van der Waals surface area contributed by atoms with Crippen molar-refractivity contribution < 1.29 is 14.6 Å². The number of morpholine rings is 1. The molecule has 2 bridgehead atoms.